The number of hydrogen-bond acceptors (Lipinski definition) is 2. The summed E-state index contributed by atoms with van der Waals surface area (Å²) in [6.45, 7) is 3.73. The number of nitrogens with one attached hydrogen (secondary N) is 1. The van der Waals surface area contributed by atoms with Crippen molar-refractivity contribution >= 4 is 17.2 Å². The third-order valence-electron chi connectivity index (χ3n) is 3.95. The van der Waals surface area contributed by atoms with Crippen LogP contribution < -0.4 is 5.32 Å². The number of halogens is 3. The summed E-state index contributed by atoms with van der Waals surface area (Å²) in [6.07, 6.45) is -2.61. The summed E-state index contributed by atoms with van der Waals surface area (Å²) in [5.74, 6) is -0.397. The van der Waals surface area contributed by atoms with E-state index >= 15 is 0 Å². The van der Waals surface area contributed by atoms with Gasteiger partial charge in [-0.15, -0.1) is 0 Å². The molecule has 0 saturated heterocycles. The van der Waals surface area contributed by atoms with Crippen molar-refractivity contribution in [3.05, 3.63) is 65.1 Å². The molecular formula is C18H16F3N3O. The number of alkyl halides is 3. The molecule has 1 amide bonds. The van der Waals surface area contributed by atoms with Crippen molar-refractivity contribution in [2.24, 2.45) is 0 Å². The SMILES string of the molecule is Cc1nc2c(C)cccn2c1CC(=O)Nc1cccc(C(F)(F)F)c1. The van der Waals surface area contributed by atoms with Gasteiger partial charge in [-0.25, -0.2) is 4.98 Å². The van der Waals surface area contributed by atoms with E-state index in [1.54, 1.807) is 6.92 Å². The molecule has 0 atom stereocenters. The fourth-order valence-corrected chi connectivity index (χ4v) is 2.71. The Morgan fingerprint density at radius 2 is 1.96 bits per heavy atom. The summed E-state index contributed by atoms with van der Waals surface area (Å²) in [7, 11) is 0. The Bertz CT molecular complexity index is 944. The number of carbonyl (C=O) groups excluding carboxylic acids is 1. The molecule has 3 rings (SSSR count). The molecule has 0 radical (unpaired) electrons. The predicted molar refractivity (Wildman–Crippen MR) is 88.4 cm³/mol. The third-order valence-corrected chi connectivity index (χ3v) is 3.95. The number of benzene rings is 1. The average molecular weight is 347 g/mol. The van der Waals surface area contributed by atoms with Crippen LogP contribution in [-0.4, -0.2) is 15.3 Å². The van der Waals surface area contributed by atoms with Gasteiger partial charge in [-0.3, -0.25) is 4.79 Å². The zero-order chi connectivity index (χ0) is 18.2. The molecule has 7 heteroatoms. The lowest BCUT2D eigenvalue weighted by Crippen LogP contribution is -2.16. The molecular weight excluding hydrogens is 331 g/mol. The number of imidazole rings is 1. The van der Waals surface area contributed by atoms with Crippen molar-refractivity contribution in [1.29, 1.82) is 0 Å². The van der Waals surface area contributed by atoms with E-state index in [1.807, 2.05) is 29.7 Å². The van der Waals surface area contributed by atoms with Gasteiger partial charge in [-0.05, 0) is 43.7 Å². The molecule has 0 aliphatic heterocycles. The first kappa shape index (κ1) is 17.0. The van der Waals surface area contributed by atoms with E-state index in [0.717, 1.165) is 23.3 Å². The predicted octanol–water partition coefficient (Wildman–Crippen LogP) is 4.15. The van der Waals surface area contributed by atoms with Gasteiger partial charge in [0.15, 0.2) is 0 Å². The second kappa shape index (κ2) is 6.23. The van der Waals surface area contributed by atoms with Gasteiger partial charge in [0.25, 0.3) is 0 Å². The molecule has 0 spiro atoms. The summed E-state index contributed by atoms with van der Waals surface area (Å²) in [4.78, 5) is 16.7. The largest absolute Gasteiger partial charge is 0.416 e. The molecule has 130 valence electrons. The number of nitrogens with zero attached hydrogens (tertiary/aromatic N) is 2. The Hall–Kier alpha value is -2.83. The molecule has 0 unspecified atom stereocenters. The summed E-state index contributed by atoms with van der Waals surface area (Å²) in [5, 5.41) is 2.52. The molecule has 1 aromatic carbocycles. The molecule has 0 fully saturated rings. The van der Waals surface area contributed by atoms with Crippen LogP contribution in [0.3, 0.4) is 0 Å². The number of rotatable bonds is 3. The van der Waals surface area contributed by atoms with Crippen LogP contribution >= 0.6 is 0 Å². The van der Waals surface area contributed by atoms with Crippen molar-refractivity contribution in [2.75, 3.05) is 5.32 Å². The highest BCUT2D eigenvalue weighted by Crippen LogP contribution is 2.30. The highest BCUT2D eigenvalue weighted by molar-refractivity contribution is 5.92. The van der Waals surface area contributed by atoms with E-state index in [0.29, 0.717) is 11.4 Å². The van der Waals surface area contributed by atoms with Gasteiger partial charge in [0.1, 0.15) is 5.65 Å². The van der Waals surface area contributed by atoms with Crippen molar-refractivity contribution in [1.82, 2.24) is 9.38 Å². The topological polar surface area (TPSA) is 46.4 Å². The number of aromatic nitrogens is 2. The number of carbonyl (C=O) groups is 1. The molecule has 0 bridgehead atoms. The maximum atomic E-state index is 12.8. The maximum Gasteiger partial charge on any atom is 0.416 e. The molecule has 2 heterocycles. The first-order chi connectivity index (χ1) is 11.8. The Morgan fingerprint density at radius 1 is 1.20 bits per heavy atom. The fraction of sp³-hybridized carbons (Fsp3) is 0.222. The Morgan fingerprint density at radius 3 is 2.68 bits per heavy atom. The highest BCUT2D eigenvalue weighted by atomic mass is 19.4. The average Bonchev–Trinajstić information content (AvgIpc) is 2.84. The summed E-state index contributed by atoms with van der Waals surface area (Å²) >= 11 is 0. The Labute approximate surface area is 142 Å². The number of fused-ring (bicyclic) bond motifs is 1. The normalized spacial score (nSPS) is 11.7. The van der Waals surface area contributed by atoms with E-state index in [9.17, 15) is 18.0 Å². The van der Waals surface area contributed by atoms with Crippen LogP contribution in [0.25, 0.3) is 5.65 Å². The van der Waals surface area contributed by atoms with Crippen LogP contribution in [0.2, 0.25) is 0 Å². The van der Waals surface area contributed by atoms with E-state index in [2.05, 4.69) is 10.3 Å². The molecule has 0 aliphatic rings. The van der Waals surface area contributed by atoms with Gasteiger partial charge in [0.05, 0.1) is 23.4 Å². The maximum absolute atomic E-state index is 12.8. The van der Waals surface area contributed by atoms with Gasteiger partial charge in [-0.1, -0.05) is 12.1 Å². The van der Waals surface area contributed by atoms with Crippen molar-refractivity contribution < 1.29 is 18.0 Å². The zero-order valence-corrected chi connectivity index (χ0v) is 13.7. The highest BCUT2D eigenvalue weighted by Gasteiger charge is 2.30. The van der Waals surface area contributed by atoms with Gasteiger partial charge in [0, 0.05) is 11.9 Å². The smallest absolute Gasteiger partial charge is 0.326 e. The second-order valence-corrected chi connectivity index (χ2v) is 5.83. The van der Waals surface area contributed by atoms with Crippen LogP contribution in [0.1, 0.15) is 22.5 Å². The van der Waals surface area contributed by atoms with Crippen LogP contribution in [0.15, 0.2) is 42.6 Å². The summed E-state index contributed by atoms with van der Waals surface area (Å²) in [5.41, 5.74) is 2.49. The van der Waals surface area contributed by atoms with Gasteiger partial charge < -0.3 is 9.72 Å². The monoisotopic (exact) mass is 347 g/mol. The minimum Gasteiger partial charge on any atom is -0.326 e. The molecule has 0 saturated carbocycles. The fourth-order valence-electron chi connectivity index (χ4n) is 2.71. The summed E-state index contributed by atoms with van der Waals surface area (Å²) < 4.78 is 40.1. The van der Waals surface area contributed by atoms with E-state index in [4.69, 9.17) is 0 Å². The standard InChI is InChI=1S/C18H16F3N3O/c1-11-5-4-8-24-15(12(2)22-17(11)24)10-16(25)23-14-7-3-6-13(9-14)18(19,20)21/h3-9H,10H2,1-2H3,(H,23,25). The molecule has 4 nitrogen and oxygen atoms in total. The zero-order valence-electron chi connectivity index (χ0n) is 13.7. The molecule has 0 aliphatic carbocycles. The quantitative estimate of drug-likeness (QED) is 0.774. The van der Waals surface area contributed by atoms with Crippen molar-refractivity contribution in [3.8, 4) is 0 Å². The van der Waals surface area contributed by atoms with Crippen LogP contribution in [0.5, 0.6) is 0 Å². The molecule has 2 aromatic heterocycles. The number of hydrogen-bond donors (Lipinski definition) is 1. The lowest BCUT2D eigenvalue weighted by atomic mass is 10.2. The number of pyridine rings is 1. The molecule has 3 aromatic rings. The number of aryl methyl sites for hydroxylation is 2. The van der Waals surface area contributed by atoms with E-state index in [1.165, 1.54) is 12.1 Å². The first-order valence-electron chi connectivity index (χ1n) is 7.66. The van der Waals surface area contributed by atoms with E-state index in [-0.39, 0.29) is 12.1 Å². The Kier molecular flexibility index (Phi) is 4.24. The van der Waals surface area contributed by atoms with Crippen LogP contribution in [0.4, 0.5) is 18.9 Å². The second-order valence-electron chi connectivity index (χ2n) is 5.83. The number of anilines is 1. The van der Waals surface area contributed by atoms with Crippen LogP contribution in [0, 0.1) is 13.8 Å². The van der Waals surface area contributed by atoms with Gasteiger partial charge in [0.2, 0.25) is 5.91 Å². The number of amides is 1. The van der Waals surface area contributed by atoms with E-state index < -0.39 is 17.6 Å². The Balaban J connectivity index is 1.82. The first-order valence-corrected chi connectivity index (χ1v) is 7.66. The van der Waals surface area contributed by atoms with Crippen molar-refractivity contribution in [3.63, 3.8) is 0 Å². The lowest BCUT2D eigenvalue weighted by Gasteiger charge is -2.10. The van der Waals surface area contributed by atoms with Gasteiger partial charge >= 0.3 is 6.18 Å². The lowest BCUT2D eigenvalue weighted by molar-refractivity contribution is -0.137. The van der Waals surface area contributed by atoms with Gasteiger partial charge in [-0.2, -0.15) is 13.2 Å². The molecule has 1 N–H and O–H groups in total. The van der Waals surface area contributed by atoms with Crippen LogP contribution in [-0.2, 0) is 17.4 Å². The minimum absolute atomic E-state index is 0.0205. The third kappa shape index (κ3) is 3.50. The minimum atomic E-state index is -4.45. The molecule has 25 heavy (non-hydrogen) atoms. The summed E-state index contributed by atoms with van der Waals surface area (Å²) in [6, 6.07) is 8.36. The van der Waals surface area contributed by atoms with Crippen molar-refractivity contribution in [2.45, 2.75) is 26.4 Å².